The van der Waals surface area contributed by atoms with Gasteiger partial charge in [0.25, 0.3) is 0 Å². The summed E-state index contributed by atoms with van der Waals surface area (Å²) in [6.07, 6.45) is 4.37. The Labute approximate surface area is 199 Å². The molecular weight excluding hydrogens is 398 g/mol. The smallest absolute Gasteiger partial charge is 0.0455 e. The van der Waals surface area contributed by atoms with E-state index in [0.717, 1.165) is 24.2 Å². The Morgan fingerprint density at radius 3 is 1.24 bits per heavy atom. The van der Waals surface area contributed by atoms with E-state index in [-0.39, 0.29) is 0 Å². The summed E-state index contributed by atoms with van der Waals surface area (Å²) < 4.78 is 0. The largest absolute Gasteiger partial charge is 0.317 e. The molecule has 4 aromatic carbocycles. The summed E-state index contributed by atoms with van der Waals surface area (Å²) in [5, 5.41) is 0. The first-order valence-corrected chi connectivity index (χ1v) is 11.9. The third-order valence-corrected chi connectivity index (χ3v) is 6.23. The lowest BCUT2D eigenvalue weighted by atomic mass is 9.96. The third kappa shape index (κ3) is 5.43. The van der Waals surface area contributed by atoms with E-state index in [2.05, 4.69) is 136 Å². The second-order valence-corrected chi connectivity index (χ2v) is 8.68. The molecule has 0 atom stereocenters. The maximum atomic E-state index is 2.31. The van der Waals surface area contributed by atoms with E-state index in [9.17, 15) is 0 Å². The Balaban J connectivity index is 1.89. The Morgan fingerprint density at radius 1 is 0.545 bits per heavy atom. The van der Waals surface area contributed by atoms with E-state index in [4.69, 9.17) is 0 Å². The van der Waals surface area contributed by atoms with Crippen molar-refractivity contribution in [3.05, 3.63) is 137 Å². The Kier molecular flexibility index (Phi) is 7.10. The summed E-state index contributed by atoms with van der Waals surface area (Å²) in [6.45, 7) is 8.66. The van der Waals surface area contributed by atoms with Crippen molar-refractivity contribution in [2.24, 2.45) is 0 Å². The van der Waals surface area contributed by atoms with Gasteiger partial charge in [-0.25, -0.2) is 0 Å². The van der Waals surface area contributed by atoms with E-state index >= 15 is 0 Å². The van der Waals surface area contributed by atoms with Gasteiger partial charge in [-0.15, -0.1) is 0 Å². The standard InChI is InChI=1S/C32H33N/c1-5-26-11-19-30(20-12-26)33(31-21-13-27(6-2)14-22-31)23-32(28-15-7-24(3)8-16-28)29-17-9-25(4)10-18-29/h7-23H,5-6H2,1-4H3. The zero-order valence-corrected chi connectivity index (χ0v) is 20.2. The molecule has 1 nitrogen and oxygen atoms in total. The maximum absolute atomic E-state index is 2.31. The highest BCUT2D eigenvalue weighted by Crippen LogP contribution is 2.32. The molecule has 0 radical (unpaired) electrons. The van der Waals surface area contributed by atoms with Crippen LogP contribution < -0.4 is 4.90 Å². The van der Waals surface area contributed by atoms with Crippen molar-refractivity contribution in [1.29, 1.82) is 0 Å². The van der Waals surface area contributed by atoms with Crippen molar-refractivity contribution < 1.29 is 0 Å². The average molecular weight is 432 g/mol. The van der Waals surface area contributed by atoms with Crippen LogP contribution in [-0.4, -0.2) is 0 Å². The van der Waals surface area contributed by atoms with E-state index in [1.165, 1.54) is 39.0 Å². The zero-order valence-electron chi connectivity index (χ0n) is 20.2. The van der Waals surface area contributed by atoms with Crippen LogP contribution in [0.25, 0.3) is 5.57 Å². The van der Waals surface area contributed by atoms with E-state index in [1.54, 1.807) is 0 Å². The molecule has 0 bridgehead atoms. The molecular formula is C32H33N. The molecule has 0 saturated heterocycles. The summed E-state index contributed by atoms with van der Waals surface area (Å²) >= 11 is 0. The minimum absolute atomic E-state index is 1.04. The minimum atomic E-state index is 1.04. The fourth-order valence-corrected chi connectivity index (χ4v) is 3.99. The second-order valence-electron chi connectivity index (χ2n) is 8.68. The molecule has 4 rings (SSSR count). The fraction of sp³-hybridized carbons (Fsp3) is 0.188. The van der Waals surface area contributed by atoms with Crippen LogP contribution >= 0.6 is 0 Å². The summed E-state index contributed by atoms with van der Waals surface area (Å²) in [4.78, 5) is 2.31. The maximum Gasteiger partial charge on any atom is 0.0455 e. The first kappa shape index (κ1) is 22.6. The molecule has 33 heavy (non-hydrogen) atoms. The van der Waals surface area contributed by atoms with Gasteiger partial charge in [0.15, 0.2) is 0 Å². The van der Waals surface area contributed by atoms with Crippen LogP contribution in [0.2, 0.25) is 0 Å². The highest BCUT2D eigenvalue weighted by Gasteiger charge is 2.12. The van der Waals surface area contributed by atoms with Gasteiger partial charge < -0.3 is 4.90 Å². The number of aryl methyl sites for hydroxylation is 4. The third-order valence-electron chi connectivity index (χ3n) is 6.23. The number of anilines is 2. The van der Waals surface area contributed by atoms with Crippen LogP contribution in [0, 0.1) is 13.8 Å². The minimum Gasteiger partial charge on any atom is -0.317 e. The van der Waals surface area contributed by atoms with Crippen molar-refractivity contribution in [3.63, 3.8) is 0 Å². The molecule has 0 amide bonds. The number of rotatable bonds is 7. The van der Waals surface area contributed by atoms with Crippen LogP contribution in [0.4, 0.5) is 11.4 Å². The normalized spacial score (nSPS) is 10.7. The van der Waals surface area contributed by atoms with Crippen molar-refractivity contribution >= 4 is 16.9 Å². The summed E-state index contributed by atoms with van der Waals surface area (Å²) in [7, 11) is 0. The number of nitrogens with zero attached hydrogens (tertiary/aromatic N) is 1. The molecule has 4 aromatic rings. The molecule has 0 aliphatic heterocycles. The van der Waals surface area contributed by atoms with Crippen molar-refractivity contribution in [2.75, 3.05) is 4.90 Å². The molecule has 0 unspecified atom stereocenters. The predicted molar refractivity (Wildman–Crippen MR) is 143 cm³/mol. The van der Waals surface area contributed by atoms with E-state index in [0.29, 0.717) is 0 Å². The lowest BCUT2D eigenvalue weighted by molar-refractivity contribution is 1.13. The highest BCUT2D eigenvalue weighted by atomic mass is 15.1. The van der Waals surface area contributed by atoms with Gasteiger partial charge in [-0.3, -0.25) is 0 Å². The van der Waals surface area contributed by atoms with E-state index in [1.807, 2.05) is 0 Å². The fourth-order valence-electron chi connectivity index (χ4n) is 3.99. The van der Waals surface area contributed by atoms with Crippen molar-refractivity contribution in [2.45, 2.75) is 40.5 Å². The van der Waals surface area contributed by atoms with Crippen LogP contribution in [0.3, 0.4) is 0 Å². The zero-order chi connectivity index (χ0) is 23.2. The van der Waals surface area contributed by atoms with Crippen LogP contribution in [-0.2, 0) is 12.8 Å². The Hall–Kier alpha value is -3.58. The van der Waals surface area contributed by atoms with Gasteiger partial charge in [0.2, 0.25) is 0 Å². The van der Waals surface area contributed by atoms with Gasteiger partial charge in [0.1, 0.15) is 0 Å². The van der Waals surface area contributed by atoms with Gasteiger partial charge in [-0.2, -0.15) is 0 Å². The molecule has 0 spiro atoms. The second kappa shape index (κ2) is 10.4. The van der Waals surface area contributed by atoms with Crippen LogP contribution in [0.15, 0.2) is 103 Å². The average Bonchev–Trinajstić information content (AvgIpc) is 2.86. The lowest BCUT2D eigenvalue weighted by Gasteiger charge is -2.24. The summed E-state index contributed by atoms with van der Waals surface area (Å²) in [6, 6.07) is 35.5. The molecule has 1 heteroatoms. The van der Waals surface area contributed by atoms with Gasteiger partial charge in [-0.1, -0.05) is 97.8 Å². The molecule has 0 aliphatic rings. The van der Waals surface area contributed by atoms with Gasteiger partial charge in [-0.05, 0) is 73.2 Å². The predicted octanol–water partition coefficient (Wildman–Crippen LogP) is 8.66. The molecule has 0 heterocycles. The van der Waals surface area contributed by atoms with Crippen molar-refractivity contribution in [1.82, 2.24) is 0 Å². The first-order valence-electron chi connectivity index (χ1n) is 11.9. The van der Waals surface area contributed by atoms with Gasteiger partial charge in [0.05, 0.1) is 0 Å². The topological polar surface area (TPSA) is 3.24 Å². The Morgan fingerprint density at radius 2 is 0.909 bits per heavy atom. The summed E-state index contributed by atoms with van der Waals surface area (Å²) in [5.41, 5.74) is 11.2. The monoisotopic (exact) mass is 431 g/mol. The highest BCUT2D eigenvalue weighted by molar-refractivity contribution is 5.84. The molecule has 166 valence electrons. The molecule has 0 N–H and O–H groups in total. The molecule has 0 aliphatic carbocycles. The summed E-state index contributed by atoms with van der Waals surface area (Å²) in [5.74, 6) is 0. The van der Waals surface area contributed by atoms with E-state index < -0.39 is 0 Å². The quantitative estimate of drug-likeness (QED) is 0.283. The first-order chi connectivity index (χ1) is 16.1. The SMILES string of the molecule is CCc1ccc(N(C=C(c2ccc(C)cc2)c2ccc(C)cc2)c2ccc(CC)cc2)cc1. The van der Waals surface area contributed by atoms with Crippen LogP contribution in [0.1, 0.15) is 47.2 Å². The lowest BCUT2D eigenvalue weighted by Crippen LogP contribution is -2.10. The molecule has 0 saturated carbocycles. The van der Waals surface area contributed by atoms with Gasteiger partial charge >= 0.3 is 0 Å². The Bertz CT molecular complexity index is 1100. The molecule has 0 aromatic heterocycles. The van der Waals surface area contributed by atoms with Crippen LogP contribution in [0.5, 0.6) is 0 Å². The van der Waals surface area contributed by atoms with Gasteiger partial charge in [0, 0.05) is 23.1 Å². The van der Waals surface area contributed by atoms with Crippen molar-refractivity contribution in [3.8, 4) is 0 Å². The number of hydrogen-bond acceptors (Lipinski definition) is 1. The number of benzene rings is 4. The number of hydrogen-bond donors (Lipinski definition) is 0. The molecule has 0 fully saturated rings.